The first-order valence-electron chi connectivity index (χ1n) is 6.82. The molecule has 0 spiro atoms. The second-order valence-corrected chi connectivity index (χ2v) is 5.99. The van der Waals surface area contributed by atoms with Gasteiger partial charge in [-0.25, -0.2) is 4.79 Å². The average molecular weight is 285 g/mol. The summed E-state index contributed by atoms with van der Waals surface area (Å²) < 4.78 is 10.2. The summed E-state index contributed by atoms with van der Waals surface area (Å²) in [5.41, 5.74) is -0.602. The zero-order valence-corrected chi connectivity index (χ0v) is 12.8. The molecule has 1 amide bonds. The van der Waals surface area contributed by atoms with Crippen molar-refractivity contribution in [2.75, 3.05) is 6.54 Å². The molecule has 0 saturated carbocycles. The summed E-state index contributed by atoms with van der Waals surface area (Å²) in [6.07, 6.45) is -0.0320. The van der Waals surface area contributed by atoms with E-state index in [2.05, 4.69) is 0 Å². The van der Waals surface area contributed by atoms with Gasteiger partial charge in [0.2, 0.25) is 0 Å². The first-order chi connectivity index (χ1) is 9.11. The SMILES string of the molecule is CC(=O)OC(C)C(=O)[C@@H]1CCCN1C(=O)OC(C)(C)C. The van der Waals surface area contributed by atoms with Crippen molar-refractivity contribution in [1.82, 2.24) is 4.90 Å². The number of rotatable bonds is 3. The molecule has 20 heavy (non-hydrogen) atoms. The van der Waals surface area contributed by atoms with Crippen LogP contribution in [0.4, 0.5) is 4.79 Å². The highest BCUT2D eigenvalue weighted by atomic mass is 16.6. The number of likely N-dealkylation sites (tertiary alicyclic amines) is 1. The highest BCUT2D eigenvalue weighted by molar-refractivity contribution is 5.92. The molecular formula is C14H23NO5. The van der Waals surface area contributed by atoms with Crippen LogP contribution in [0.25, 0.3) is 0 Å². The monoisotopic (exact) mass is 285 g/mol. The van der Waals surface area contributed by atoms with Crippen molar-refractivity contribution in [1.29, 1.82) is 0 Å². The molecule has 6 nitrogen and oxygen atoms in total. The number of Topliss-reactive ketones (excluding diaryl/α,β-unsaturated/α-hetero) is 1. The average Bonchev–Trinajstić information content (AvgIpc) is 2.73. The van der Waals surface area contributed by atoms with Gasteiger partial charge in [0.15, 0.2) is 11.9 Å². The lowest BCUT2D eigenvalue weighted by molar-refractivity contribution is -0.153. The van der Waals surface area contributed by atoms with Gasteiger partial charge in [0.25, 0.3) is 0 Å². The molecule has 0 aromatic heterocycles. The van der Waals surface area contributed by atoms with Crippen molar-refractivity contribution < 1.29 is 23.9 Å². The Balaban J connectivity index is 2.71. The largest absolute Gasteiger partial charge is 0.455 e. The Kier molecular flexibility index (Phi) is 5.14. The van der Waals surface area contributed by atoms with Gasteiger partial charge in [-0.3, -0.25) is 14.5 Å². The molecule has 1 aliphatic heterocycles. The predicted octanol–water partition coefficient (Wildman–Crippen LogP) is 1.91. The van der Waals surface area contributed by atoms with E-state index in [1.165, 1.54) is 18.7 Å². The number of esters is 1. The topological polar surface area (TPSA) is 72.9 Å². The lowest BCUT2D eigenvalue weighted by Crippen LogP contribution is -2.46. The molecule has 1 saturated heterocycles. The Morgan fingerprint density at radius 2 is 1.85 bits per heavy atom. The number of hydrogen-bond donors (Lipinski definition) is 0. The third-order valence-corrected chi connectivity index (χ3v) is 2.95. The summed E-state index contributed by atoms with van der Waals surface area (Å²) in [6, 6.07) is -0.570. The summed E-state index contributed by atoms with van der Waals surface area (Å²) in [7, 11) is 0. The van der Waals surface area contributed by atoms with Crippen LogP contribution in [0.15, 0.2) is 0 Å². The Morgan fingerprint density at radius 3 is 2.35 bits per heavy atom. The Labute approximate surface area is 119 Å². The fourth-order valence-electron chi connectivity index (χ4n) is 2.18. The Bertz CT molecular complexity index is 399. The Morgan fingerprint density at radius 1 is 1.25 bits per heavy atom. The quantitative estimate of drug-likeness (QED) is 0.741. The lowest BCUT2D eigenvalue weighted by Gasteiger charge is -2.28. The molecule has 1 heterocycles. The fourth-order valence-corrected chi connectivity index (χ4v) is 2.18. The maximum atomic E-state index is 12.2. The molecule has 0 aromatic rings. The van der Waals surface area contributed by atoms with E-state index in [-0.39, 0.29) is 5.78 Å². The van der Waals surface area contributed by atoms with E-state index < -0.39 is 29.8 Å². The van der Waals surface area contributed by atoms with Crippen LogP contribution >= 0.6 is 0 Å². The first kappa shape index (κ1) is 16.5. The van der Waals surface area contributed by atoms with E-state index in [9.17, 15) is 14.4 Å². The second-order valence-electron chi connectivity index (χ2n) is 5.99. The molecule has 1 unspecified atom stereocenters. The van der Waals surface area contributed by atoms with Crippen LogP contribution in [-0.2, 0) is 19.1 Å². The second kappa shape index (κ2) is 6.24. The van der Waals surface area contributed by atoms with Crippen molar-refractivity contribution in [3.05, 3.63) is 0 Å². The van der Waals surface area contributed by atoms with Gasteiger partial charge in [-0.15, -0.1) is 0 Å². The highest BCUT2D eigenvalue weighted by Crippen LogP contribution is 2.22. The number of ether oxygens (including phenoxy) is 2. The van der Waals surface area contributed by atoms with E-state index in [1.807, 2.05) is 0 Å². The molecule has 0 N–H and O–H groups in total. The number of carbonyl (C=O) groups is 3. The van der Waals surface area contributed by atoms with E-state index >= 15 is 0 Å². The molecule has 1 fully saturated rings. The number of carbonyl (C=O) groups excluding carboxylic acids is 3. The summed E-state index contributed by atoms with van der Waals surface area (Å²) in [5, 5.41) is 0. The van der Waals surface area contributed by atoms with Gasteiger partial charge >= 0.3 is 12.1 Å². The molecule has 114 valence electrons. The van der Waals surface area contributed by atoms with Gasteiger partial charge in [-0.2, -0.15) is 0 Å². The number of ketones is 1. The highest BCUT2D eigenvalue weighted by Gasteiger charge is 2.38. The maximum Gasteiger partial charge on any atom is 0.410 e. The van der Waals surface area contributed by atoms with E-state index in [0.29, 0.717) is 13.0 Å². The summed E-state index contributed by atoms with van der Waals surface area (Å²) >= 11 is 0. The van der Waals surface area contributed by atoms with Crippen molar-refractivity contribution in [2.45, 2.75) is 65.2 Å². The molecule has 0 aliphatic carbocycles. The number of nitrogens with zero attached hydrogens (tertiary/aromatic N) is 1. The lowest BCUT2D eigenvalue weighted by atomic mass is 10.1. The van der Waals surface area contributed by atoms with Crippen LogP contribution in [0.1, 0.15) is 47.5 Å². The van der Waals surface area contributed by atoms with Crippen LogP contribution in [0.5, 0.6) is 0 Å². The van der Waals surface area contributed by atoms with Crippen molar-refractivity contribution in [3.63, 3.8) is 0 Å². The molecule has 6 heteroatoms. The van der Waals surface area contributed by atoms with Gasteiger partial charge in [-0.05, 0) is 40.5 Å². The third-order valence-electron chi connectivity index (χ3n) is 2.95. The smallest absolute Gasteiger partial charge is 0.410 e. The summed E-state index contributed by atoms with van der Waals surface area (Å²) in [6.45, 7) is 8.59. The number of amides is 1. The standard InChI is InChI=1S/C14H23NO5/c1-9(19-10(2)16)12(17)11-7-6-8-15(11)13(18)20-14(3,4)5/h9,11H,6-8H2,1-5H3/t9?,11-/m0/s1. The molecule has 0 bridgehead atoms. The molecule has 1 aliphatic rings. The minimum absolute atomic E-state index is 0.261. The van der Waals surface area contributed by atoms with Gasteiger partial charge in [0.05, 0.1) is 6.04 Å². The first-order valence-corrected chi connectivity index (χ1v) is 6.82. The van der Waals surface area contributed by atoms with Crippen LogP contribution in [-0.4, -0.2) is 47.0 Å². The van der Waals surface area contributed by atoms with Crippen molar-refractivity contribution in [2.24, 2.45) is 0 Å². The zero-order valence-electron chi connectivity index (χ0n) is 12.8. The van der Waals surface area contributed by atoms with Crippen LogP contribution in [0.3, 0.4) is 0 Å². The molecular weight excluding hydrogens is 262 g/mol. The van der Waals surface area contributed by atoms with Crippen molar-refractivity contribution in [3.8, 4) is 0 Å². The molecule has 0 radical (unpaired) electrons. The molecule has 0 aromatic carbocycles. The molecule has 1 rings (SSSR count). The zero-order chi connectivity index (χ0) is 15.5. The summed E-state index contributed by atoms with van der Waals surface area (Å²) in [4.78, 5) is 36.6. The van der Waals surface area contributed by atoms with E-state index in [4.69, 9.17) is 9.47 Å². The van der Waals surface area contributed by atoms with Crippen LogP contribution in [0.2, 0.25) is 0 Å². The third kappa shape index (κ3) is 4.51. The predicted molar refractivity (Wildman–Crippen MR) is 72.2 cm³/mol. The Hall–Kier alpha value is -1.59. The van der Waals surface area contributed by atoms with E-state index in [1.54, 1.807) is 20.8 Å². The van der Waals surface area contributed by atoms with Crippen molar-refractivity contribution >= 4 is 17.8 Å². The fraction of sp³-hybridized carbons (Fsp3) is 0.786. The van der Waals surface area contributed by atoms with Crippen LogP contribution in [0, 0.1) is 0 Å². The van der Waals surface area contributed by atoms with Gasteiger partial charge in [0, 0.05) is 13.5 Å². The van der Waals surface area contributed by atoms with Gasteiger partial charge in [0.1, 0.15) is 5.60 Å². The maximum absolute atomic E-state index is 12.2. The van der Waals surface area contributed by atoms with Gasteiger partial charge in [-0.1, -0.05) is 0 Å². The number of hydrogen-bond acceptors (Lipinski definition) is 5. The molecule has 2 atom stereocenters. The van der Waals surface area contributed by atoms with E-state index in [0.717, 1.165) is 6.42 Å². The normalized spacial score (nSPS) is 20.4. The minimum Gasteiger partial charge on any atom is -0.455 e. The van der Waals surface area contributed by atoms with Gasteiger partial charge < -0.3 is 9.47 Å². The minimum atomic E-state index is -0.847. The van der Waals surface area contributed by atoms with Crippen LogP contribution < -0.4 is 0 Å². The summed E-state index contributed by atoms with van der Waals surface area (Å²) in [5.74, 6) is -0.767.